The van der Waals surface area contributed by atoms with Crippen LogP contribution in [-0.2, 0) is 6.54 Å². The summed E-state index contributed by atoms with van der Waals surface area (Å²) in [4.78, 5) is 4.17. The zero-order valence-electron chi connectivity index (χ0n) is 11.3. The number of aliphatic hydroxyl groups is 1. The van der Waals surface area contributed by atoms with Crippen molar-refractivity contribution in [3.05, 3.63) is 53.6 Å². The molecule has 2 heterocycles. The van der Waals surface area contributed by atoms with Gasteiger partial charge in [0.05, 0.1) is 0 Å². The molecule has 3 rings (SSSR count). The van der Waals surface area contributed by atoms with Gasteiger partial charge < -0.3 is 14.1 Å². The third-order valence-electron chi connectivity index (χ3n) is 3.52. The quantitative estimate of drug-likeness (QED) is 0.798. The van der Waals surface area contributed by atoms with E-state index in [4.69, 9.17) is 4.42 Å². The lowest BCUT2D eigenvalue weighted by atomic mass is 10.1. The van der Waals surface area contributed by atoms with Crippen LogP contribution in [0.3, 0.4) is 0 Å². The number of benzene rings is 1. The Balaban J connectivity index is 2.12. The molecule has 0 aliphatic carbocycles. The minimum absolute atomic E-state index is 0.322. The molecule has 5 heteroatoms. The fraction of sp³-hybridized carbons (Fsp3) is 0.267. The predicted octanol–water partition coefficient (Wildman–Crippen LogP) is 3.18. The van der Waals surface area contributed by atoms with Crippen molar-refractivity contribution in [2.45, 2.75) is 26.5 Å². The van der Waals surface area contributed by atoms with Gasteiger partial charge >= 0.3 is 0 Å². The van der Waals surface area contributed by atoms with Gasteiger partial charge in [-0.05, 0) is 32.0 Å². The summed E-state index contributed by atoms with van der Waals surface area (Å²) < 4.78 is 20.8. The molecule has 0 saturated heterocycles. The topological polar surface area (TPSA) is 51.2 Å². The summed E-state index contributed by atoms with van der Waals surface area (Å²) in [5, 5.41) is 11.1. The molecule has 2 aromatic heterocycles. The Labute approximate surface area is 115 Å². The Kier molecular flexibility index (Phi) is 3.06. The normalized spacial score (nSPS) is 13.0. The van der Waals surface area contributed by atoms with Crippen molar-refractivity contribution in [3.63, 3.8) is 0 Å². The van der Waals surface area contributed by atoms with Gasteiger partial charge in [-0.3, -0.25) is 0 Å². The second kappa shape index (κ2) is 4.76. The third-order valence-corrected chi connectivity index (χ3v) is 3.52. The monoisotopic (exact) mass is 274 g/mol. The highest BCUT2D eigenvalue weighted by Gasteiger charge is 2.23. The second-order valence-corrected chi connectivity index (χ2v) is 4.71. The van der Waals surface area contributed by atoms with Gasteiger partial charge in [-0.2, -0.15) is 0 Å². The van der Waals surface area contributed by atoms with Crippen LogP contribution in [0.15, 0.2) is 35.0 Å². The van der Waals surface area contributed by atoms with E-state index in [0.717, 1.165) is 5.56 Å². The average Bonchev–Trinajstić information content (AvgIpc) is 3.03. The van der Waals surface area contributed by atoms with Crippen LogP contribution in [0.25, 0.3) is 11.0 Å². The molecule has 1 aromatic carbocycles. The van der Waals surface area contributed by atoms with Gasteiger partial charge in [0.1, 0.15) is 23.0 Å². The first-order valence-corrected chi connectivity index (χ1v) is 6.49. The Morgan fingerprint density at radius 2 is 2.25 bits per heavy atom. The van der Waals surface area contributed by atoms with Crippen molar-refractivity contribution in [3.8, 4) is 0 Å². The first-order chi connectivity index (χ1) is 9.61. The second-order valence-electron chi connectivity index (χ2n) is 4.71. The van der Waals surface area contributed by atoms with Gasteiger partial charge in [-0.25, -0.2) is 9.37 Å². The number of aliphatic hydroxyl groups excluding tert-OH is 1. The molecule has 20 heavy (non-hydrogen) atoms. The van der Waals surface area contributed by atoms with Crippen molar-refractivity contribution in [1.29, 1.82) is 0 Å². The Morgan fingerprint density at radius 3 is 3.00 bits per heavy atom. The molecule has 0 saturated carbocycles. The number of fused-ring (bicyclic) bond motifs is 1. The van der Waals surface area contributed by atoms with Crippen LogP contribution >= 0.6 is 0 Å². The van der Waals surface area contributed by atoms with Gasteiger partial charge in [0.2, 0.25) is 0 Å². The molecular formula is C15H15FN2O2. The predicted molar refractivity (Wildman–Crippen MR) is 72.9 cm³/mol. The third kappa shape index (κ3) is 1.91. The molecule has 1 N–H and O–H groups in total. The molecule has 0 aliphatic rings. The van der Waals surface area contributed by atoms with Gasteiger partial charge in [-0.15, -0.1) is 0 Å². The summed E-state index contributed by atoms with van der Waals surface area (Å²) in [6.07, 6.45) is 2.48. The highest BCUT2D eigenvalue weighted by atomic mass is 19.1. The van der Waals surface area contributed by atoms with Crippen LogP contribution in [0.2, 0.25) is 0 Å². The molecule has 0 spiro atoms. The minimum Gasteiger partial charge on any atom is -0.458 e. The number of halogens is 1. The van der Waals surface area contributed by atoms with E-state index in [1.165, 1.54) is 12.1 Å². The van der Waals surface area contributed by atoms with Crippen molar-refractivity contribution < 1.29 is 13.9 Å². The average molecular weight is 274 g/mol. The number of nitrogens with zero attached hydrogens (tertiary/aromatic N) is 2. The first kappa shape index (κ1) is 12.9. The summed E-state index contributed by atoms with van der Waals surface area (Å²) in [5.74, 6) is 0.610. The molecule has 0 radical (unpaired) electrons. The zero-order chi connectivity index (χ0) is 14.3. The lowest BCUT2D eigenvalue weighted by Crippen LogP contribution is -2.09. The highest BCUT2D eigenvalue weighted by Crippen LogP contribution is 2.32. The molecule has 0 fully saturated rings. The Morgan fingerprint density at radius 1 is 1.45 bits per heavy atom. The lowest BCUT2D eigenvalue weighted by molar-refractivity contribution is 0.177. The lowest BCUT2D eigenvalue weighted by Gasteiger charge is -2.10. The fourth-order valence-electron chi connectivity index (χ4n) is 2.43. The fourth-order valence-corrected chi connectivity index (χ4v) is 2.43. The van der Waals surface area contributed by atoms with E-state index in [9.17, 15) is 9.50 Å². The van der Waals surface area contributed by atoms with Gasteiger partial charge in [0, 0.05) is 29.9 Å². The van der Waals surface area contributed by atoms with Gasteiger partial charge in [-0.1, -0.05) is 0 Å². The maximum absolute atomic E-state index is 13.3. The van der Waals surface area contributed by atoms with Gasteiger partial charge in [0.15, 0.2) is 6.10 Å². The van der Waals surface area contributed by atoms with Crippen LogP contribution in [0.4, 0.5) is 4.39 Å². The van der Waals surface area contributed by atoms with E-state index >= 15 is 0 Å². The molecule has 1 unspecified atom stereocenters. The van der Waals surface area contributed by atoms with Crippen molar-refractivity contribution in [2.75, 3.05) is 0 Å². The molecule has 3 aromatic rings. The summed E-state index contributed by atoms with van der Waals surface area (Å²) in [7, 11) is 0. The van der Waals surface area contributed by atoms with E-state index in [1.54, 1.807) is 18.5 Å². The Hall–Kier alpha value is -2.14. The van der Waals surface area contributed by atoms with Crippen molar-refractivity contribution >= 4 is 11.0 Å². The number of imidazole rings is 1. The van der Waals surface area contributed by atoms with Crippen LogP contribution < -0.4 is 0 Å². The maximum Gasteiger partial charge on any atom is 0.170 e. The molecule has 1 atom stereocenters. The molecule has 0 bridgehead atoms. The summed E-state index contributed by atoms with van der Waals surface area (Å²) in [5.41, 5.74) is 1.30. The van der Waals surface area contributed by atoms with Crippen LogP contribution in [-0.4, -0.2) is 14.7 Å². The summed E-state index contributed by atoms with van der Waals surface area (Å²) >= 11 is 0. The van der Waals surface area contributed by atoms with Crippen LogP contribution in [0.1, 0.15) is 30.2 Å². The van der Waals surface area contributed by atoms with E-state index in [0.29, 0.717) is 29.1 Å². The summed E-state index contributed by atoms with van der Waals surface area (Å²) in [6, 6.07) is 4.32. The maximum atomic E-state index is 13.3. The number of hydrogen-bond acceptors (Lipinski definition) is 3. The minimum atomic E-state index is -0.958. The molecule has 0 amide bonds. The van der Waals surface area contributed by atoms with Gasteiger partial charge in [0.25, 0.3) is 0 Å². The number of hydrogen-bond donors (Lipinski definition) is 1. The van der Waals surface area contributed by atoms with E-state index in [1.807, 2.05) is 18.4 Å². The molecule has 4 nitrogen and oxygen atoms in total. The van der Waals surface area contributed by atoms with Crippen LogP contribution in [0, 0.1) is 12.7 Å². The Bertz CT molecular complexity index is 760. The highest BCUT2D eigenvalue weighted by molar-refractivity contribution is 5.82. The molecular weight excluding hydrogens is 259 g/mol. The van der Waals surface area contributed by atoms with E-state index in [2.05, 4.69) is 4.98 Å². The van der Waals surface area contributed by atoms with Crippen molar-refractivity contribution in [1.82, 2.24) is 9.55 Å². The number of furan rings is 1. The summed E-state index contributed by atoms with van der Waals surface area (Å²) in [6.45, 7) is 4.49. The van der Waals surface area contributed by atoms with E-state index < -0.39 is 6.10 Å². The number of rotatable bonds is 3. The van der Waals surface area contributed by atoms with Crippen LogP contribution in [0.5, 0.6) is 0 Å². The number of aryl methyl sites for hydroxylation is 2. The smallest absolute Gasteiger partial charge is 0.170 e. The molecule has 104 valence electrons. The van der Waals surface area contributed by atoms with E-state index in [-0.39, 0.29) is 5.82 Å². The number of aromatic nitrogens is 2. The first-order valence-electron chi connectivity index (χ1n) is 6.49. The largest absolute Gasteiger partial charge is 0.458 e. The SMILES string of the molecule is CCn1ccnc1C(O)c1oc2ccc(F)cc2c1C. The molecule has 0 aliphatic heterocycles. The zero-order valence-corrected chi connectivity index (χ0v) is 11.3. The standard InChI is InChI=1S/C15H15FN2O2/c1-3-18-7-6-17-15(18)13(19)14-9(2)11-8-10(16)4-5-12(11)20-14/h4-8,13,19H,3H2,1-2H3. The van der Waals surface area contributed by atoms with Crippen molar-refractivity contribution in [2.24, 2.45) is 0 Å².